The number of Topliss-reactive ketones (excluding diaryl/α,β-unsaturated/α-hetero) is 1. The van der Waals surface area contributed by atoms with E-state index in [0.717, 1.165) is 24.3 Å². The van der Waals surface area contributed by atoms with Crippen LogP contribution >= 0.6 is 0 Å². The molecule has 0 radical (unpaired) electrons. The molecular weight excluding hydrogens is 320 g/mol. The van der Waals surface area contributed by atoms with Crippen molar-refractivity contribution in [3.63, 3.8) is 0 Å². The van der Waals surface area contributed by atoms with Gasteiger partial charge in [-0.25, -0.2) is 20.9 Å². The fraction of sp³-hybridized carbons (Fsp3) is 0.357. The highest BCUT2D eigenvalue weighted by Crippen LogP contribution is 2.06. The van der Waals surface area contributed by atoms with Crippen molar-refractivity contribution >= 4 is 29.4 Å². The molecule has 2 unspecified atom stereocenters. The average Bonchev–Trinajstić information content (AvgIpc) is 3.04. The van der Waals surface area contributed by atoms with E-state index in [1.807, 2.05) is 0 Å². The zero-order valence-electron chi connectivity index (χ0n) is 12.8. The number of amides is 4. The van der Waals surface area contributed by atoms with Crippen molar-refractivity contribution in [3.8, 4) is 0 Å². The summed E-state index contributed by atoms with van der Waals surface area (Å²) < 4.78 is 0. The fourth-order valence-electron chi connectivity index (χ4n) is 2.12. The van der Waals surface area contributed by atoms with Crippen LogP contribution in [0.25, 0.3) is 0 Å². The highest BCUT2D eigenvalue weighted by Gasteiger charge is 2.33. The van der Waals surface area contributed by atoms with Gasteiger partial charge in [0, 0.05) is 37.3 Å². The SMILES string of the molecule is CCC(=O)C(NN1C(=O)C=CC1=O)C(O)CNN1C(=O)C=CC1=O. The lowest BCUT2D eigenvalue weighted by atomic mass is 10.1. The van der Waals surface area contributed by atoms with Crippen LogP contribution in [0.1, 0.15) is 13.3 Å². The maximum atomic E-state index is 12.0. The van der Waals surface area contributed by atoms with Gasteiger partial charge in [-0.15, -0.1) is 0 Å². The summed E-state index contributed by atoms with van der Waals surface area (Å²) in [6, 6.07) is -1.27. The van der Waals surface area contributed by atoms with Gasteiger partial charge >= 0.3 is 0 Å². The van der Waals surface area contributed by atoms with Gasteiger partial charge in [-0.1, -0.05) is 6.92 Å². The molecule has 0 spiro atoms. The normalized spacial score (nSPS) is 19.6. The van der Waals surface area contributed by atoms with Crippen molar-refractivity contribution in [1.82, 2.24) is 20.9 Å². The van der Waals surface area contributed by atoms with Gasteiger partial charge in [-0.2, -0.15) is 0 Å². The Morgan fingerprint density at radius 2 is 1.46 bits per heavy atom. The Balaban J connectivity index is 2.00. The predicted molar refractivity (Wildman–Crippen MR) is 78.2 cm³/mol. The number of hydrogen-bond donors (Lipinski definition) is 3. The molecule has 0 aliphatic carbocycles. The Bertz CT molecular complexity index is 620. The van der Waals surface area contributed by atoms with E-state index in [0.29, 0.717) is 10.0 Å². The van der Waals surface area contributed by atoms with Crippen LogP contribution in [-0.4, -0.2) is 63.2 Å². The van der Waals surface area contributed by atoms with Crippen LogP contribution in [-0.2, 0) is 24.0 Å². The second-order valence-electron chi connectivity index (χ2n) is 5.05. The fourth-order valence-corrected chi connectivity index (χ4v) is 2.12. The number of aliphatic hydroxyl groups excluding tert-OH is 1. The second-order valence-corrected chi connectivity index (χ2v) is 5.05. The molecule has 0 aromatic rings. The number of rotatable bonds is 8. The van der Waals surface area contributed by atoms with Crippen molar-refractivity contribution in [2.24, 2.45) is 0 Å². The zero-order valence-corrected chi connectivity index (χ0v) is 12.8. The minimum atomic E-state index is -1.40. The molecule has 2 atom stereocenters. The third-order valence-corrected chi connectivity index (χ3v) is 3.43. The van der Waals surface area contributed by atoms with Crippen molar-refractivity contribution in [3.05, 3.63) is 24.3 Å². The van der Waals surface area contributed by atoms with E-state index >= 15 is 0 Å². The maximum Gasteiger partial charge on any atom is 0.268 e. The minimum absolute atomic E-state index is 0.0432. The lowest BCUT2D eigenvalue weighted by Crippen LogP contribution is -2.59. The van der Waals surface area contributed by atoms with Crippen LogP contribution in [0.4, 0.5) is 0 Å². The number of carbonyl (C=O) groups excluding carboxylic acids is 5. The van der Waals surface area contributed by atoms with E-state index in [4.69, 9.17) is 0 Å². The summed E-state index contributed by atoms with van der Waals surface area (Å²) in [7, 11) is 0. The molecule has 2 rings (SSSR count). The Morgan fingerprint density at radius 1 is 1.00 bits per heavy atom. The van der Waals surface area contributed by atoms with Crippen molar-refractivity contribution in [2.75, 3.05) is 6.54 Å². The van der Waals surface area contributed by atoms with Gasteiger partial charge in [-0.05, 0) is 0 Å². The van der Waals surface area contributed by atoms with Crippen molar-refractivity contribution in [2.45, 2.75) is 25.5 Å². The smallest absolute Gasteiger partial charge is 0.268 e. The van der Waals surface area contributed by atoms with Crippen LogP contribution in [0.5, 0.6) is 0 Å². The monoisotopic (exact) mass is 336 g/mol. The molecule has 2 aliphatic heterocycles. The van der Waals surface area contributed by atoms with Crippen LogP contribution in [0, 0.1) is 0 Å². The van der Waals surface area contributed by atoms with E-state index in [1.165, 1.54) is 0 Å². The molecule has 0 aromatic carbocycles. The second kappa shape index (κ2) is 7.25. The number of aliphatic hydroxyl groups is 1. The van der Waals surface area contributed by atoms with Crippen LogP contribution < -0.4 is 10.9 Å². The van der Waals surface area contributed by atoms with Crippen LogP contribution in [0.2, 0.25) is 0 Å². The molecule has 4 amide bonds. The Morgan fingerprint density at radius 3 is 1.92 bits per heavy atom. The summed E-state index contributed by atoms with van der Waals surface area (Å²) >= 11 is 0. The molecule has 10 heteroatoms. The van der Waals surface area contributed by atoms with Gasteiger partial charge < -0.3 is 5.11 Å². The van der Waals surface area contributed by atoms with Gasteiger partial charge in [0.05, 0.1) is 6.10 Å². The predicted octanol–water partition coefficient (Wildman–Crippen LogP) is -2.45. The van der Waals surface area contributed by atoms with Gasteiger partial charge in [-0.3, -0.25) is 24.0 Å². The quantitative estimate of drug-likeness (QED) is 0.416. The molecule has 0 saturated carbocycles. The van der Waals surface area contributed by atoms with Crippen LogP contribution in [0.15, 0.2) is 24.3 Å². The summed E-state index contributed by atoms with van der Waals surface area (Å²) in [5.41, 5.74) is 4.81. The summed E-state index contributed by atoms with van der Waals surface area (Å²) in [4.78, 5) is 57.9. The molecule has 2 aliphatic rings. The van der Waals surface area contributed by atoms with E-state index in [2.05, 4.69) is 10.9 Å². The number of imide groups is 2. The summed E-state index contributed by atoms with van der Waals surface area (Å²) in [5, 5.41) is 11.5. The molecule has 24 heavy (non-hydrogen) atoms. The lowest BCUT2D eigenvalue weighted by Gasteiger charge is -2.28. The molecular formula is C14H16N4O6. The molecule has 0 aromatic heterocycles. The van der Waals surface area contributed by atoms with E-state index < -0.39 is 41.6 Å². The highest BCUT2D eigenvalue weighted by atomic mass is 16.3. The van der Waals surface area contributed by atoms with Crippen LogP contribution in [0.3, 0.4) is 0 Å². The van der Waals surface area contributed by atoms with Gasteiger partial charge in [0.1, 0.15) is 6.04 Å². The molecule has 3 N–H and O–H groups in total. The minimum Gasteiger partial charge on any atom is -0.390 e. The van der Waals surface area contributed by atoms with E-state index in [-0.39, 0.29) is 13.0 Å². The first-order valence-electron chi connectivity index (χ1n) is 7.17. The first-order chi connectivity index (χ1) is 11.3. The van der Waals surface area contributed by atoms with Gasteiger partial charge in [0.25, 0.3) is 23.6 Å². The lowest BCUT2D eigenvalue weighted by molar-refractivity contribution is -0.143. The number of nitrogens with zero attached hydrogens (tertiary/aromatic N) is 2. The Kier molecular flexibility index (Phi) is 5.34. The summed E-state index contributed by atoms with van der Waals surface area (Å²) in [5.74, 6) is -2.99. The van der Waals surface area contributed by atoms with E-state index in [9.17, 15) is 29.1 Å². The average molecular weight is 336 g/mol. The van der Waals surface area contributed by atoms with Gasteiger partial charge in [0.2, 0.25) is 0 Å². The molecule has 0 bridgehead atoms. The van der Waals surface area contributed by atoms with Crippen molar-refractivity contribution in [1.29, 1.82) is 0 Å². The molecule has 10 nitrogen and oxygen atoms in total. The summed E-state index contributed by atoms with van der Waals surface area (Å²) in [6.07, 6.45) is 2.81. The first kappa shape index (κ1) is 17.7. The third kappa shape index (κ3) is 3.62. The van der Waals surface area contributed by atoms with Crippen molar-refractivity contribution < 1.29 is 29.1 Å². The number of ketones is 1. The Labute approximate surface area is 136 Å². The van der Waals surface area contributed by atoms with E-state index in [1.54, 1.807) is 6.92 Å². The number of carbonyl (C=O) groups is 5. The Hall–Kier alpha value is -2.69. The largest absolute Gasteiger partial charge is 0.390 e. The van der Waals surface area contributed by atoms with Gasteiger partial charge in [0.15, 0.2) is 5.78 Å². The number of nitrogens with one attached hydrogen (secondary N) is 2. The molecule has 0 saturated heterocycles. The number of hydrogen-bond acceptors (Lipinski definition) is 8. The molecule has 2 heterocycles. The molecule has 128 valence electrons. The maximum absolute atomic E-state index is 12.0. The highest BCUT2D eigenvalue weighted by molar-refractivity contribution is 6.13. The third-order valence-electron chi connectivity index (χ3n) is 3.43. The summed E-state index contributed by atoms with van der Waals surface area (Å²) in [6.45, 7) is 1.23. The number of hydrazine groups is 2. The molecule has 0 fully saturated rings. The topological polar surface area (TPSA) is 136 Å². The zero-order chi connectivity index (χ0) is 17.9. The standard InChI is InChI=1S/C14H16N4O6/c1-2-8(19)14(16-18-12(23)5-6-13(18)24)9(20)7-15-17-10(21)3-4-11(17)22/h3-6,9,14-16,20H,2,7H2,1H3. The first-order valence-corrected chi connectivity index (χ1v) is 7.17.